The average molecular weight is 276 g/mol. The van der Waals surface area contributed by atoms with Gasteiger partial charge in [-0.05, 0) is 30.6 Å². The van der Waals surface area contributed by atoms with Crippen LogP contribution in [0.25, 0.3) is 4.85 Å². The zero-order valence-electron chi connectivity index (χ0n) is 12.9. The van der Waals surface area contributed by atoms with Gasteiger partial charge in [-0.1, -0.05) is 20.8 Å². The predicted molar refractivity (Wildman–Crippen MR) is 77.7 cm³/mol. The summed E-state index contributed by atoms with van der Waals surface area (Å²) in [4.78, 5) is 17.2. The maximum atomic E-state index is 11.7. The van der Waals surface area contributed by atoms with Crippen molar-refractivity contribution >= 4 is 5.91 Å². The Balaban J connectivity index is 2.46. The molecule has 0 aromatic heterocycles. The molecule has 1 aliphatic carbocycles. The Morgan fingerprint density at radius 2 is 2.10 bits per heavy atom. The summed E-state index contributed by atoms with van der Waals surface area (Å²) in [6.45, 7) is 16.6. The van der Waals surface area contributed by atoms with Crippen LogP contribution in [0.3, 0.4) is 0 Å². The first-order valence-electron chi connectivity index (χ1n) is 7.28. The second kappa shape index (κ2) is 4.80. The van der Waals surface area contributed by atoms with E-state index in [1.54, 1.807) is 6.92 Å². The lowest BCUT2D eigenvalue weighted by Gasteiger charge is -2.50. The van der Waals surface area contributed by atoms with Crippen LogP contribution in [0.4, 0.5) is 0 Å². The normalized spacial score (nSPS) is 33.1. The molecule has 1 heterocycles. The van der Waals surface area contributed by atoms with Crippen LogP contribution >= 0.6 is 0 Å². The van der Waals surface area contributed by atoms with Crippen molar-refractivity contribution in [2.24, 2.45) is 16.7 Å². The highest BCUT2D eigenvalue weighted by Crippen LogP contribution is 2.56. The molecule has 0 radical (unpaired) electrons. The molecule has 2 atom stereocenters. The SMILES string of the molecule is [C-]#[N+]C1=C(O)C(C)(C)[C@@H]2CCCN(C(C)=O)C[C@@]2(C)C1. The third-order valence-electron chi connectivity index (χ3n) is 5.22. The Hall–Kier alpha value is -1.50. The third-order valence-corrected chi connectivity index (χ3v) is 5.22. The van der Waals surface area contributed by atoms with E-state index in [2.05, 4.69) is 11.8 Å². The molecule has 110 valence electrons. The van der Waals surface area contributed by atoms with Crippen molar-refractivity contribution in [3.8, 4) is 0 Å². The van der Waals surface area contributed by atoms with E-state index in [1.807, 2.05) is 18.7 Å². The first-order chi connectivity index (χ1) is 9.22. The Morgan fingerprint density at radius 1 is 1.45 bits per heavy atom. The van der Waals surface area contributed by atoms with Crippen molar-refractivity contribution in [2.45, 2.75) is 47.0 Å². The summed E-state index contributed by atoms with van der Waals surface area (Å²) in [5.74, 6) is 0.656. The third kappa shape index (κ3) is 2.19. The number of likely N-dealkylation sites (tertiary alicyclic amines) is 1. The van der Waals surface area contributed by atoms with Crippen molar-refractivity contribution in [1.29, 1.82) is 0 Å². The smallest absolute Gasteiger partial charge is 0.219 e. The molecule has 2 rings (SSSR count). The number of fused-ring (bicyclic) bond motifs is 1. The van der Waals surface area contributed by atoms with Gasteiger partial charge in [-0.15, -0.1) is 0 Å². The predicted octanol–water partition coefficient (Wildman–Crippen LogP) is 3.37. The molecule has 1 fully saturated rings. The van der Waals surface area contributed by atoms with Crippen molar-refractivity contribution in [3.05, 3.63) is 22.9 Å². The quantitative estimate of drug-likeness (QED) is 0.689. The molecule has 1 N–H and O–H groups in total. The zero-order chi connectivity index (χ0) is 15.1. The molecule has 20 heavy (non-hydrogen) atoms. The van der Waals surface area contributed by atoms with Gasteiger partial charge in [-0.3, -0.25) is 4.79 Å². The van der Waals surface area contributed by atoms with E-state index in [0.717, 1.165) is 19.4 Å². The molecule has 1 aliphatic heterocycles. The number of carbonyl (C=O) groups is 1. The number of aliphatic hydroxyl groups excluding tert-OH is 1. The van der Waals surface area contributed by atoms with Gasteiger partial charge in [0.05, 0.1) is 6.57 Å². The number of aliphatic hydroxyl groups is 1. The molecular weight excluding hydrogens is 252 g/mol. The summed E-state index contributed by atoms with van der Waals surface area (Å²) in [6.07, 6.45) is 2.52. The summed E-state index contributed by atoms with van der Waals surface area (Å²) >= 11 is 0. The second-order valence-electron chi connectivity index (χ2n) is 7.09. The van der Waals surface area contributed by atoms with Gasteiger partial charge >= 0.3 is 0 Å². The van der Waals surface area contributed by atoms with E-state index in [1.165, 1.54) is 0 Å². The highest BCUT2D eigenvalue weighted by atomic mass is 16.3. The van der Waals surface area contributed by atoms with Gasteiger partial charge in [-0.2, -0.15) is 0 Å². The Morgan fingerprint density at radius 3 is 2.65 bits per heavy atom. The van der Waals surface area contributed by atoms with Crippen molar-refractivity contribution in [2.75, 3.05) is 13.1 Å². The fourth-order valence-electron chi connectivity index (χ4n) is 4.24. The van der Waals surface area contributed by atoms with Crippen LogP contribution < -0.4 is 0 Å². The van der Waals surface area contributed by atoms with E-state index >= 15 is 0 Å². The maximum absolute atomic E-state index is 11.7. The number of amides is 1. The summed E-state index contributed by atoms with van der Waals surface area (Å²) in [5.41, 5.74) is -0.0450. The van der Waals surface area contributed by atoms with E-state index in [4.69, 9.17) is 6.57 Å². The van der Waals surface area contributed by atoms with Gasteiger partial charge in [0, 0.05) is 25.4 Å². The molecule has 4 nitrogen and oxygen atoms in total. The molecule has 0 aromatic rings. The lowest BCUT2D eigenvalue weighted by molar-refractivity contribution is -0.130. The fraction of sp³-hybridized carbons (Fsp3) is 0.750. The molecule has 0 saturated carbocycles. The minimum absolute atomic E-state index is 0.104. The van der Waals surface area contributed by atoms with Gasteiger partial charge in [0.25, 0.3) is 0 Å². The zero-order valence-corrected chi connectivity index (χ0v) is 12.9. The van der Waals surface area contributed by atoms with Crippen LogP contribution in [0.1, 0.15) is 47.0 Å². The van der Waals surface area contributed by atoms with Gasteiger partial charge in [0.15, 0.2) is 0 Å². The van der Waals surface area contributed by atoms with Crippen molar-refractivity contribution < 1.29 is 9.90 Å². The Kier molecular flexibility index (Phi) is 3.58. The topological polar surface area (TPSA) is 44.9 Å². The molecule has 1 saturated heterocycles. The Labute approximate surface area is 121 Å². The molecule has 2 aliphatic rings. The van der Waals surface area contributed by atoms with E-state index in [-0.39, 0.29) is 22.5 Å². The largest absolute Gasteiger partial charge is 0.523 e. The first kappa shape index (κ1) is 14.9. The van der Waals surface area contributed by atoms with Crippen LogP contribution in [0.2, 0.25) is 0 Å². The highest BCUT2D eigenvalue weighted by Gasteiger charge is 2.52. The minimum Gasteiger partial charge on any atom is -0.523 e. The van der Waals surface area contributed by atoms with Crippen molar-refractivity contribution in [3.63, 3.8) is 0 Å². The molecule has 0 bridgehead atoms. The monoisotopic (exact) mass is 276 g/mol. The standard InChI is InChI=1S/C16H24N2O2/c1-11(19)18-8-6-7-13-15(2,3)14(20)12(17-5)9-16(13,4)10-18/h13,20H,6-10H2,1-4H3/t13-,16+/m0/s1. The van der Waals surface area contributed by atoms with Crippen molar-refractivity contribution in [1.82, 2.24) is 4.90 Å². The maximum Gasteiger partial charge on any atom is 0.219 e. The van der Waals surface area contributed by atoms with Crippen LogP contribution in [0, 0.1) is 23.3 Å². The summed E-state index contributed by atoms with van der Waals surface area (Å²) in [5, 5.41) is 10.4. The summed E-state index contributed by atoms with van der Waals surface area (Å²) in [7, 11) is 0. The first-order valence-corrected chi connectivity index (χ1v) is 7.28. The summed E-state index contributed by atoms with van der Waals surface area (Å²) in [6, 6.07) is 0. The van der Waals surface area contributed by atoms with Crippen LogP contribution in [-0.2, 0) is 4.79 Å². The summed E-state index contributed by atoms with van der Waals surface area (Å²) < 4.78 is 0. The number of hydrogen-bond acceptors (Lipinski definition) is 2. The second-order valence-corrected chi connectivity index (χ2v) is 7.09. The van der Waals surface area contributed by atoms with E-state index in [0.29, 0.717) is 24.6 Å². The van der Waals surface area contributed by atoms with Crippen LogP contribution in [0.15, 0.2) is 11.5 Å². The number of rotatable bonds is 0. The van der Waals surface area contributed by atoms with Gasteiger partial charge < -0.3 is 10.0 Å². The van der Waals surface area contributed by atoms with E-state index < -0.39 is 0 Å². The molecule has 0 spiro atoms. The minimum atomic E-state index is -0.389. The highest BCUT2D eigenvalue weighted by molar-refractivity contribution is 5.73. The Bertz CT molecular complexity index is 501. The van der Waals surface area contributed by atoms with Crippen LogP contribution in [-0.4, -0.2) is 29.0 Å². The number of carbonyl (C=O) groups excluding carboxylic acids is 1. The fourth-order valence-corrected chi connectivity index (χ4v) is 4.24. The molecule has 1 amide bonds. The van der Waals surface area contributed by atoms with Gasteiger partial charge in [0.2, 0.25) is 11.6 Å². The lowest BCUT2D eigenvalue weighted by Crippen LogP contribution is -2.48. The number of allylic oxidation sites excluding steroid dienone is 2. The molecule has 0 unspecified atom stereocenters. The molecular formula is C16H24N2O2. The molecule has 0 aromatic carbocycles. The van der Waals surface area contributed by atoms with Crippen LogP contribution in [0.5, 0.6) is 0 Å². The average Bonchev–Trinajstić information content (AvgIpc) is 2.54. The van der Waals surface area contributed by atoms with Gasteiger partial charge in [0.1, 0.15) is 5.76 Å². The molecule has 4 heteroatoms. The van der Waals surface area contributed by atoms with E-state index in [9.17, 15) is 9.90 Å². The van der Waals surface area contributed by atoms with Gasteiger partial charge in [-0.25, -0.2) is 4.85 Å². The number of hydrogen-bond donors (Lipinski definition) is 1. The number of nitrogens with zero attached hydrogens (tertiary/aromatic N) is 2. The lowest BCUT2D eigenvalue weighted by atomic mass is 9.56.